The Morgan fingerprint density at radius 1 is 1.10 bits per heavy atom. The normalized spacial score (nSPS) is 13.1. The van der Waals surface area contributed by atoms with Gasteiger partial charge in [0.15, 0.2) is 13.4 Å². The molecule has 0 atom stereocenters. The maximum atomic E-state index is 6.49. The Morgan fingerprint density at radius 2 is 1.62 bits per heavy atom. The molecular formula is C16H24BrClN2Si. The zero-order valence-electron chi connectivity index (χ0n) is 13.6. The Morgan fingerprint density at radius 3 is 2.10 bits per heavy atom. The van der Waals surface area contributed by atoms with Crippen molar-refractivity contribution in [2.24, 2.45) is 0 Å². The standard InChI is InChI=1S/C16H24BrClN2Si/c1-10(2)21(11(3)4,12(5)6)20-8-7-13-9-14(17)19-16(18)15(13)20/h7-12H,1-6H3. The van der Waals surface area contributed by atoms with Gasteiger partial charge in [0.25, 0.3) is 0 Å². The molecule has 0 unspecified atom stereocenters. The molecule has 2 nitrogen and oxygen atoms in total. The van der Waals surface area contributed by atoms with Gasteiger partial charge in [-0.15, -0.1) is 0 Å². The highest BCUT2D eigenvalue weighted by atomic mass is 79.9. The van der Waals surface area contributed by atoms with Gasteiger partial charge >= 0.3 is 0 Å². The third kappa shape index (κ3) is 2.59. The second kappa shape index (κ2) is 6.05. The van der Waals surface area contributed by atoms with E-state index in [-0.39, 0.29) is 0 Å². The van der Waals surface area contributed by atoms with Gasteiger partial charge in [-0.25, -0.2) is 4.98 Å². The number of hydrogen-bond donors (Lipinski definition) is 0. The Hall–Kier alpha value is -0.323. The van der Waals surface area contributed by atoms with Crippen LogP contribution in [-0.4, -0.2) is 17.5 Å². The molecule has 0 aliphatic carbocycles. The number of pyridine rings is 1. The molecule has 21 heavy (non-hydrogen) atoms. The largest absolute Gasteiger partial charge is 0.371 e. The van der Waals surface area contributed by atoms with Crippen LogP contribution in [0.25, 0.3) is 10.9 Å². The third-order valence-corrected chi connectivity index (χ3v) is 12.2. The van der Waals surface area contributed by atoms with Crippen LogP contribution in [0.3, 0.4) is 0 Å². The van der Waals surface area contributed by atoms with Crippen molar-refractivity contribution < 1.29 is 0 Å². The smallest absolute Gasteiger partial charge is 0.169 e. The highest BCUT2D eigenvalue weighted by Crippen LogP contribution is 2.45. The summed E-state index contributed by atoms with van der Waals surface area (Å²) < 4.78 is 3.30. The molecule has 0 radical (unpaired) electrons. The number of hydrogen-bond acceptors (Lipinski definition) is 1. The number of nitrogens with zero attached hydrogens (tertiary/aromatic N) is 2. The van der Waals surface area contributed by atoms with E-state index in [1.807, 2.05) is 0 Å². The quantitative estimate of drug-likeness (QED) is 0.434. The van der Waals surface area contributed by atoms with Gasteiger partial charge in [0, 0.05) is 5.39 Å². The predicted molar refractivity (Wildman–Crippen MR) is 98.9 cm³/mol. The van der Waals surface area contributed by atoms with E-state index in [2.05, 4.69) is 85.0 Å². The second-order valence-electron chi connectivity index (χ2n) is 6.71. The van der Waals surface area contributed by atoms with Crippen LogP contribution in [-0.2, 0) is 0 Å². The Bertz CT molecular complexity index is 627. The lowest BCUT2D eigenvalue weighted by Gasteiger charge is -2.44. The highest BCUT2D eigenvalue weighted by molar-refractivity contribution is 9.10. The summed E-state index contributed by atoms with van der Waals surface area (Å²) >= 11 is 9.93. The summed E-state index contributed by atoms with van der Waals surface area (Å²) in [5.41, 5.74) is 3.00. The SMILES string of the molecule is CC(C)[Si](C(C)C)(C(C)C)n1ccc2cc(Br)nc(Cl)c21. The molecule has 0 spiro atoms. The van der Waals surface area contributed by atoms with Crippen molar-refractivity contribution in [1.29, 1.82) is 0 Å². The highest BCUT2D eigenvalue weighted by Gasteiger charge is 2.45. The van der Waals surface area contributed by atoms with Crippen molar-refractivity contribution in [2.45, 2.75) is 58.2 Å². The van der Waals surface area contributed by atoms with E-state index < -0.39 is 8.24 Å². The molecule has 0 aliphatic rings. The van der Waals surface area contributed by atoms with Crippen molar-refractivity contribution in [3.8, 4) is 0 Å². The summed E-state index contributed by atoms with van der Waals surface area (Å²) in [5.74, 6) is 0. The molecule has 0 fully saturated rings. The molecule has 0 bridgehead atoms. The average Bonchev–Trinajstić information content (AvgIpc) is 2.72. The van der Waals surface area contributed by atoms with Gasteiger partial charge in [0.2, 0.25) is 0 Å². The minimum atomic E-state index is -1.79. The van der Waals surface area contributed by atoms with Gasteiger partial charge in [-0.3, -0.25) is 0 Å². The lowest BCUT2D eigenvalue weighted by atomic mass is 10.3. The molecular weight excluding hydrogens is 364 g/mol. The van der Waals surface area contributed by atoms with Crippen LogP contribution in [0.15, 0.2) is 22.9 Å². The summed E-state index contributed by atoms with van der Waals surface area (Å²) in [6.07, 6.45) is 2.23. The topological polar surface area (TPSA) is 17.8 Å². The number of fused-ring (bicyclic) bond motifs is 1. The van der Waals surface area contributed by atoms with Gasteiger partial charge in [0.05, 0.1) is 5.52 Å². The van der Waals surface area contributed by atoms with Gasteiger partial charge < -0.3 is 4.23 Å². The maximum Gasteiger partial charge on any atom is 0.169 e. The van der Waals surface area contributed by atoms with E-state index in [9.17, 15) is 0 Å². The first-order valence-electron chi connectivity index (χ1n) is 7.56. The zero-order chi connectivity index (χ0) is 15.9. The van der Waals surface area contributed by atoms with Crippen LogP contribution >= 0.6 is 27.5 Å². The fourth-order valence-corrected chi connectivity index (χ4v) is 11.8. The monoisotopic (exact) mass is 386 g/mol. The fourth-order valence-electron chi connectivity index (χ4n) is 4.25. The minimum absolute atomic E-state index is 0.600. The summed E-state index contributed by atoms with van der Waals surface area (Å²) in [6, 6.07) is 4.22. The van der Waals surface area contributed by atoms with Gasteiger partial charge in [-0.1, -0.05) is 53.1 Å². The van der Waals surface area contributed by atoms with Gasteiger partial charge in [0.1, 0.15) is 4.60 Å². The van der Waals surface area contributed by atoms with Crippen molar-refractivity contribution in [2.75, 3.05) is 0 Å². The molecule has 2 aromatic rings. The number of aromatic nitrogens is 2. The molecule has 5 heteroatoms. The van der Waals surface area contributed by atoms with Crippen LogP contribution in [0, 0.1) is 0 Å². The van der Waals surface area contributed by atoms with Crippen LogP contribution < -0.4 is 0 Å². The van der Waals surface area contributed by atoms with Crippen LogP contribution in [0.5, 0.6) is 0 Å². The lowest BCUT2D eigenvalue weighted by Crippen LogP contribution is -2.51. The number of rotatable bonds is 4. The molecule has 0 saturated carbocycles. The van der Waals surface area contributed by atoms with Crippen molar-refractivity contribution >= 4 is 46.7 Å². The maximum absolute atomic E-state index is 6.49. The Balaban J connectivity index is 2.84. The van der Waals surface area contributed by atoms with Crippen LogP contribution in [0.4, 0.5) is 0 Å². The first-order valence-corrected chi connectivity index (χ1v) is 10.9. The minimum Gasteiger partial charge on any atom is -0.371 e. The van der Waals surface area contributed by atoms with E-state index >= 15 is 0 Å². The summed E-state index contributed by atoms with van der Waals surface area (Å²) in [5, 5.41) is 1.77. The Kier molecular flexibility index (Phi) is 4.91. The summed E-state index contributed by atoms with van der Waals surface area (Å²) in [6.45, 7) is 14.2. The van der Waals surface area contributed by atoms with Gasteiger partial charge in [-0.2, -0.15) is 0 Å². The number of halogens is 2. The van der Waals surface area contributed by atoms with Crippen LogP contribution in [0.2, 0.25) is 21.8 Å². The fraction of sp³-hybridized carbons (Fsp3) is 0.562. The molecule has 0 amide bonds. The summed E-state index contributed by atoms with van der Waals surface area (Å²) in [7, 11) is -1.79. The first-order chi connectivity index (χ1) is 9.72. The Labute approximate surface area is 142 Å². The average molecular weight is 388 g/mol. The molecule has 0 aliphatic heterocycles. The van der Waals surface area contributed by atoms with Crippen molar-refractivity contribution in [3.05, 3.63) is 28.1 Å². The van der Waals surface area contributed by atoms with Crippen molar-refractivity contribution in [1.82, 2.24) is 9.22 Å². The molecule has 0 saturated heterocycles. The van der Waals surface area contributed by atoms with E-state index in [4.69, 9.17) is 11.6 Å². The molecule has 2 rings (SSSR count). The molecule has 2 aromatic heterocycles. The predicted octanol–water partition coefficient (Wildman–Crippen LogP) is 6.48. The van der Waals surface area contributed by atoms with Crippen LogP contribution in [0.1, 0.15) is 41.5 Å². The molecule has 0 N–H and O–H groups in total. The molecule has 2 heterocycles. The lowest BCUT2D eigenvalue weighted by molar-refractivity contribution is 0.772. The van der Waals surface area contributed by atoms with E-state index in [0.717, 1.165) is 10.1 Å². The van der Waals surface area contributed by atoms with Gasteiger partial charge in [-0.05, 0) is 50.9 Å². The van der Waals surface area contributed by atoms with Crippen molar-refractivity contribution in [3.63, 3.8) is 0 Å². The van der Waals surface area contributed by atoms with E-state index in [0.29, 0.717) is 21.8 Å². The summed E-state index contributed by atoms with van der Waals surface area (Å²) in [4.78, 5) is 4.41. The third-order valence-electron chi connectivity index (χ3n) is 4.78. The van der Waals surface area contributed by atoms with E-state index in [1.54, 1.807) is 0 Å². The second-order valence-corrected chi connectivity index (χ2v) is 13.6. The first kappa shape index (κ1) is 17.0. The molecule has 116 valence electrons. The van der Waals surface area contributed by atoms with E-state index in [1.165, 1.54) is 5.39 Å². The zero-order valence-corrected chi connectivity index (χ0v) is 17.0. The molecule has 0 aromatic carbocycles.